The molecule has 4 fully saturated rings. The maximum absolute atomic E-state index is 6.60. The van der Waals surface area contributed by atoms with E-state index in [9.17, 15) is 0 Å². The Balaban J connectivity index is 1.31. The predicted octanol–water partition coefficient (Wildman–Crippen LogP) is 4.96. The predicted molar refractivity (Wildman–Crippen MR) is 115 cm³/mol. The summed E-state index contributed by atoms with van der Waals surface area (Å²) >= 11 is 0. The van der Waals surface area contributed by atoms with Crippen molar-refractivity contribution < 1.29 is 0 Å². The Kier molecular flexibility index (Phi) is 3.63. The van der Waals surface area contributed by atoms with Gasteiger partial charge in [-0.3, -0.25) is 0 Å². The molecule has 2 N–H and O–H groups in total. The fraction of sp³-hybridized carbons (Fsp3) is 0.480. The van der Waals surface area contributed by atoms with Crippen LogP contribution < -0.4 is 5.73 Å². The van der Waals surface area contributed by atoms with E-state index < -0.39 is 0 Å². The Morgan fingerprint density at radius 3 is 2.32 bits per heavy atom. The van der Waals surface area contributed by atoms with Crippen LogP contribution in [-0.2, 0) is 6.42 Å². The van der Waals surface area contributed by atoms with Crippen LogP contribution in [0.25, 0.3) is 11.1 Å². The average molecular weight is 372 g/mol. The lowest BCUT2D eigenvalue weighted by molar-refractivity contribution is -0.0390. The topological polar surface area (TPSA) is 41.6 Å². The molecular weight excluding hydrogens is 342 g/mol. The highest BCUT2D eigenvalue weighted by Gasteiger charge is 2.49. The largest absolute Gasteiger partial charge is 0.369 e. The van der Waals surface area contributed by atoms with E-state index in [4.69, 9.17) is 10.7 Å². The molecule has 4 bridgehead atoms. The summed E-state index contributed by atoms with van der Waals surface area (Å²) in [6.07, 6.45) is 8.08. The van der Waals surface area contributed by atoms with Crippen LogP contribution in [0.3, 0.4) is 0 Å². The van der Waals surface area contributed by atoms with E-state index in [1.807, 2.05) is 0 Å². The van der Waals surface area contributed by atoms with Crippen LogP contribution >= 0.6 is 0 Å². The fourth-order valence-electron chi connectivity index (χ4n) is 7.13. The standard InChI is InChI=1S/C25H29N3/c1-28(24-18-10-15-9-16(12-18)13-19(24)11-15)25(26)27-23-8-4-7-21-20-6-3-2-5-17(20)14-22(21)23/h2-8,15-16,18-19,24H,9-14H2,1H3,(H2,26,27). The first-order valence-corrected chi connectivity index (χ1v) is 10.9. The van der Waals surface area contributed by atoms with Gasteiger partial charge in [-0.15, -0.1) is 0 Å². The minimum Gasteiger partial charge on any atom is -0.369 e. The van der Waals surface area contributed by atoms with Gasteiger partial charge in [0.2, 0.25) is 0 Å². The SMILES string of the molecule is CN(C(N)=Nc1cccc2c1Cc1ccccc1-2)C1C2CC3CC(C2)CC1C3. The Morgan fingerprint density at radius 2 is 1.57 bits per heavy atom. The average Bonchev–Trinajstić information content (AvgIpc) is 3.07. The number of guanidine groups is 1. The van der Waals surface area contributed by atoms with Crippen molar-refractivity contribution in [3.63, 3.8) is 0 Å². The second-order valence-electron chi connectivity index (χ2n) is 9.64. The smallest absolute Gasteiger partial charge is 0.196 e. The van der Waals surface area contributed by atoms with E-state index in [0.717, 1.165) is 35.8 Å². The van der Waals surface area contributed by atoms with Crippen LogP contribution in [-0.4, -0.2) is 23.9 Å². The second-order valence-corrected chi connectivity index (χ2v) is 9.64. The van der Waals surface area contributed by atoms with Crippen LogP contribution in [0.2, 0.25) is 0 Å². The lowest BCUT2D eigenvalue weighted by Crippen LogP contribution is -2.57. The second kappa shape index (κ2) is 6.10. The third-order valence-corrected chi connectivity index (χ3v) is 8.05. The van der Waals surface area contributed by atoms with Crippen LogP contribution in [0.15, 0.2) is 47.5 Å². The zero-order valence-corrected chi connectivity index (χ0v) is 16.6. The number of fused-ring (bicyclic) bond motifs is 3. The van der Waals surface area contributed by atoms with Gasteiger partial charge in [-0.1, -0.05) is 36.4 Å². The lowest BCUT2D eigenvalue weighted by Gasteiger charge is -2.56. The van der Waals surface area contributed by atoms with Crippen LogP contribution in [0, 0.1) is 23.7 Å². The molecule has 5 aliphatic rings. The van der Waals surface area contributed by atoms with E-state index in [2.05, 4.69) is 54.4 Å². The summed E-state index contributed by atoms with van der Waals surface area (Å²) in [5.74, 6) is 4.31. The van der Waals surface area contributed by atoms with Crippen molar-refractivity contribution >= 4 is 11.6 Å². The fourth-order valence-corrected chi connectivity index (χ4v) is 7.13. The van der Waals surface area contributed by atoms with E-state index in [-0.39, 0.29) is 0 Å². The molecule has 0 aromatic heterocycles. The molecule has 0 heterocycles. The molecule has 0 amide bonds. The van der Waals surface area contributed by atoms with Crippen molar-refractivity contribution in [3.8, 4) is 11.1 Å². The molecule has 28 heavy (non-hydrogen) atoms. The van der Waals surface area contributed by atoms with Crippen LogP contribution in [0.5, 0.6) is 0 Å². The van der Waals surface area contributed by atoms with Gasteiger partial charge in [-0.2, -0.15) is 0 Å². The van der Waals surface area contributed by atoms with Crippen molar-refractivity contribution in [2.24, 2.45) is 34.4 Å². The number of benzene rings is 2. The Hall–Kier alpha value is -2.29. The highest BCUT2D eigenvalue weighted by molar-refractivity contribution is 5.86. The molecule has 0 saturated heterocycles. The van der Waals surface area contributed by atoms with Crippen LogP contribution in [0.4, 0.5) is 5.69 Å². The molecule has 0 spiro atoms. The molecule has 0 aliphatic heterocycles. The maximum atomic E-state index is 6.60. The summed E-state index contributed by atoms with van der Waals surface area (Å²) in [6, 6.07) is 15.8. The van der Waals surface area contributed by atoms with Crippen molar-refractivity contribution in [1.29, 1.82) is 0 Å². The summed E-state index contributed by atoms with van der Waals surface area (Å²) in [5.41, 5.74) is 13.0. The van der Waals surface area contributed by atoms with Gasteiger partial charge in [0.1, 0.15) is 0 Å². The molecule has 5 aliphatic carbocycles. The number of rotatable bonds is 2. The normalized spacial score (nSPS) is 32.3. The zero-order valence-electron chi connectivity index (χ0n) is 16.6. The van der Waals surface area contributed by atoms with Gasteiger partial charge in [0.15, 0.2) is 5.96 Å². The molecule has 144 valence electrons. The molecule has 3 heteroatoms. The molecule has 0 radical (unpaired) electrons. The zero-order chi connectivity index (χ0) is 18.8. The van der Waals surface area contributed by atoms with Gasteiger partial charge < -0.3 is 10.6 Å². The molecule has 0 unspecified atom stereocenters. The van der Waals surface area contributed by atoms with E-state index >= 15 is 0 Å². The van der Waals surface area contributed by atoms with Crippen LogP contribution in [0.1, 0.15) is 43.2 Å². The summed E-state index contributed by atoms with van der Waals surface area (Å²) in [4.78, 5) is 7.29. The summed E-state index contributed by atoms with van der Waals surface area (Å²) in [7, 11) is 2.18. The van der Waals surface area contributed by atoms with Crippen molar-refractivity contribution in [1.82, 2.24) is 4.90 Å². The highest BCUT2D eigenvalue weighted by atomic mass is 15.3. The molecule has 4 saturated carbocycles. The molecular formula is C25H29N3. The minimum absolute atomic E-state index is 0.588. The molecule has 0 atom stereocenters. The Labute approximate surface area is 167 Å². The first-order valence-electron chi connectivity index (χ1n) is 10.9. The molecule has 2 aromatic rings. The van der Waals surface area contributed by atoms with Crippen molar-refractivity contribution in [2.45, 2.75) is 44.6 Å². The van der Waals surface area contributed by atoms with E-state index in [0.29, 0.717) is 12.0 Å². The van der Waals surface area contributed by atoms with Gasteiger partial charge in [-0.25, -0.2) is 4.99 Å². The monoisotopic (exact) mass is 371 g/mol. The van der Waals surface area contributed by atoms with Gasteiger partial charge >= 0.3 is 0 Å². The summed E-state index contributed by atoms with van der Waals surface area (Å²) in [5, 5.41) is 0. The summed E-state index contributed by atoms with van der Waals surface area (Å²) < 4.78 is 0. The number of aliphatic imine (C=N–C) groups is 1. The number of hydrogen-bond donors (Lipinski definition) is 1. The number of hydrogen-bond acceptors (Lipinski definition) is 1. The number of nitrogens with zero attached hydrogens (tertiary/aromatic N) is 2. The molecule has 7 rings (SSSR count). The Morgan fingerprint density at radius 1 is 0.893 bits per heavy atom. The third-order valence-electron chi connectivity index (χ3n) is 8.05. The van der Waals surface area contributed by atoms with Crippen molar-refractivity contribution in [3.05, 3.63) is 53.6 Å². The maximum Gasteiger partial charge on any atom is 0.196 e. The van der Waals surface area contributed by atoms with Gasteiger partial charge in [0, 0.05) is 19.5 Å². The molecule has 3 nitrogen and oxygen atoms in total. The third kappa shape index (κ3) is 2.45. The summed E-state index contributed by atoms with van der Waals surface area (Å²) in [6.45, 7) is 0. The first-order chi connectivity index (χ1) is 13.7. The van der Waals surface area contributed by atoms with Gasteiger partial charge in [0.05, 0.1) is 5.69 Å². The first kappa shape index (κ1) is 16.6. The van der Waals surface area contributed by atoms with E-state index in [1.165, 1.54) is 54.4 Å². The quantitative estimate of drug-likeness (QED) is 0.511. The van der Waals surface area contributed by atoms with Gasteiger partial charge in [0.25, 0.3) is 0 Å². The van der Waals surface area contributed by atoms with Gasteiger partial charge in [-0.05, 0) is 84.1 Å². The van der Waals surface area contributed by atoms with Crippen molar-refractivity contribution in [2.75, 3.05) is 7.05 Å². The minimum atomic E-state index is 0.588. The number of nitrogens with two attached hydrogens (primary N) is 1. The van der Waals surface area contributed by atoms with E-state index in [1.54, 1.807) is 0 Å². The Bertz CT molecular complexity index is 932. The lowest BCUT2D eigenvalue weighted by atomic mass is 9.54. The molecule has 2 aromatic carbocycles. The highest BCUT2D eigenvalue weighted by Crippen LogP contribution is 2.55.